The first-order valence-corrected chi connectivity index (χ1v) is 14.1. The van der Waals surface area contributed by atoms with Crippen LogP contribution >= 0.6 is 0 Å². The van der Waals surface area contributed by atoms with Crippen LogP contribution in [-0.4, -0.2) is 75.9 Å². The number of benzene rings is 2. The second kappa shape index (κ2) is 9.68. The van der Waals surface area contributed by atoms with Crippen molar-refractivity contribution in [2.24, 2.45) is 10.7 Å². The molecule has 3 heterocycles. The first-order valence-electron chi connectivity index (χ1n) is 12.2. The Kier molecular flexibility index (Phi) is 6.55. The lowest BCUT2D eigenvalue weighted by Gasteiger charge is -2.36. The lowest BCUT2D eigenvalue weighted by atomic mass is 9.74. The molecule has 1 aromatic heterocycles. The van der Waals surface area contributed by atoms with Gasteiger partial charge in [0.05, 0.1) is 28.8 Å². The van der Waals surface area contributed by atoms with Crippen molar-refractivity contribution < 1.29 is 13.2 Å². The molecule has 1 saturated heterocycles. The zero-order chi connectivity index (χ0) is 26.2. The average molecular weight is 521 g/mol. The van der Waals surface area contributed by atoms with Crippen molar-refractivity contribution in [1.82, 2.24) is 14.7 Å². The molecule has 2 N–H and O–H groups in total. The van der Waals surface area contributed by atoms with Crippen LogP contribution in [0.25, 0.3) is 5.69 Å². The van der Waals surface area contributed by atoms with E-state index < -0.39 is 15.3 Å². The van der Waals surface area contributed by atoms with E-state index in [1.54, 1.807) is 37.6 Å². The molecule has 37 heavy (non-hydrogen) atoms. The first kappa shape index (κ1) is 25.0. The minimum atomic E-state index is -3.30. The number of likely N-dealkylation sites (N-methyl/N-ethyl adjacent to an activating group) is 1. The molecule has 194 valence electrons. The van der Waals surface area contributed by atoms with E-state index >= 15 is 0 Å². The Hall–Kier alpha value is -3.63. The number of rotatable bonds is 6. The quantitative estimate of drug-likeness (QED) is 0.533. The molecule has 1 fully saturated rings. The number of hydrogen-bond donors (Lipinski definition) is 1. The molecule has 2 aliphatic heterocycles. The molecule has 0 saturated carbocycles. The molecule has 0 aliphatic carbocycles. The van der Waals surface area contributed by atoms with Gasteiger partial charge in [-0.3, -0.25) is 0 Å². The standard InChI is InChI=1S/C27H32N6O3S/c1-31-14-16-32(17-15-31)21-6-9-23(24(18-21)36-2)27(12-10-26(28)29-19-27)25-11-13-30-33(25)20-4-7-22(8-5-20)37(3,34)35/h4-11,13,18-19H,12,14-17,28H2,1-3H3. The predicted octanol–water partition coefficient (Wildman–Crippen LogP) is 2.60. The summed E-state index contributed by atoms with van der Waals surface area (Å²) in [4.78, 5) is 9.48. The van der Waals surface area contributed by atoms with Crippen molar-refractivity contribution >= 4 is 21.7 Å². The number of ether oxygens (including phenoxy) is 1. The highest BCUT2D eigenvalue weighted by Crippen LogP contribution is 2.43. The lowest BCUT2D eigenvalue weighted by Crippen LogP contribution is -2.44. The van der Waals surface area contributed by atoms with Gasteiger partial charge in [-0.1, -0.05) is 6.07 Å². The minimum absolute atomic E-state index is 0.260. The fraction of sp³-hybridized carbons (Fsp3) is 0.333. The third kappa shape index (κ3) is 4.74. The number of sulfone groups is 1. The van der Waals surface area contributed by atoms with Crippen molar-refractivity contribution in [3.63, 3.8) is 0 Å². The summed E-state index contributed by atoms with van der Waals surface area (Å²) >= 11 is 0. The topological polar surface area (TPSA) is 106 Å². The zero-order valence-corrected chi connectivity index (χ0v) is 22.1. The first-order chi connectivity index (χ1) is 17.7. The van der Waals surface area contributed by atoms with Crippen molar-refractivity contribution in [3.8, 4) is 11.4 Å². The van der Waals surface area contributed by atoms with Crippen LogP contribution in [0.1, 0.15) is 17.7 Å². The van der Waals surface area contributed by atoms with Crippen LogP contribution in [0, 0.1) is 0 Å². The molecule has 0 spiro atoms. The Morgan fingerprint density at radius 2 is 1.70 bits per heavy atom. The number of allylic oxidation sites excluding steroid dienone is 1. The van der Waals surface area contributed by atoms with Gasteiger partial charge in [-0.05, 0) is 55.9 Å². The molecule has 1 atom stereocenters. The van der Waals surface area contributed by atoms with E-state index in [0.29, 0.717) is 12.2 Å². The van der Waals surface area contributed by atoms with Gasteiger partial charge in [-0.15, -0.1) is 0 Å². The van der Waals surface area contributed by atoms with Crippen molar-refractivity contribution in [2.75, 3.05) is 51.5 Å². The van der Waals surface area contributed by atoms with E-state index in [1.807, 2.05) is 23.0 Å². The summed E-state index contributed by atoms with van der Waals surface area (Å²) in [7, 11) is 0.528. The van der Waals surface area contributed by atoms with Crippen LogP contribution in [0.5, 0.6) is 5.75 Å². The molecule has 2 aliphatic rings. The van der Waals surface area contributed by atoms with E-state index in [9.17, 15) is 8.42 Å². The van der Waals surface area contributed by atoms with E-state index in [4.69, 9.17) is 10.5 Å². The Bertz CT molecular complexity index is 1450. The summed E-state index contributed by atoms with van der Waals surface area (Å²) in [6.07, 6.45) is 7.29. The maximum atomic E-state index is 12.0. The van der Waals surface area contributed by atoms with Crippen molar-refractivity contribution in [2.45, 2.75) is 16.7 Å². The largest absolute Gasteiger partial charge is 0.496 e. The Balaban J connectivity index is 1.60. The van der Waals surface area contributed by atoms with Crippen LogP contribution in [0.4, 0.5) is 5.69 Å². The molecule has 0 amide bonds. The Morgan fingerprint density at radius 1 is 1.00 bits per heavy atom. The summed E-state index contributed by atoms with van der Waals surface area (Å²) in [6, 6.07) is 15.0. The fourth-order valence-corrected chi connectivity index (χ4v) is 5.67. The Morgan fingerprint density at radius 3 is 2.32 bits per heavy atom. The Labute approximate surface area is 217 Å². The average Bonchev–Trinajstić information content (AvgIpc) is 3.40. The highest BCUT2D eigenvalue weighted by molar-refractivity contribution is 7.90. The summed E-state index contributed by atoms with van der Waals surface area (Å²) in [5.74, 6) is 1.23. The summed E-state index contributed by atoms with van der Waals surface area (Å²) in [6.45, 7) is 3.95. The summed E-state index contributed by atoms with van der Waals surface area (Å²) in [5.41, 5.74) is 9.04. The summed E-state index contributed by atoms with van der Waals surface area (Å²) in [5, 5.41) is 4.60. The van der Waals surface area contributed by atoms with Gasteiger partial charge in [0.2, 0.25) is 0 Å². The predicted molar refractivity (Wildman–Crippen MR) is 146 cm³/mol. The smallest absolute Gasteiger partial charge is 0.175 e. The molecule has 5 rings (SSSR count). The third-order valence-corrected chi connectivity index (χ3v) is 8.34. The number of anilines is 1. The number of nitrogens with zero attached hydrogens (tertiary/aromatic N) is 5. The van der Waals surface area contributed by atoms with Crippen LogP contribution < -0.4 is 15.4 Å². The number of methoxy groups -OCH3 is 1. The number of hydrogen-bond acceptors (Lipinski definition) is 8. The van der Waals surface area contributed by atoms with Crippen LogP contribution in [0.2, 0.25) is 0 Å². The van der Waals surface area contributed by atoms with Gasteiger partial charge in [0.25, 0.3) is 0 Å². The van der Waals surface area contributed by atoms with E-state index in [2.05, 4.69) is 45.1 Å². The molecular weight excluding hydrogens is 488 g/mol. The van der Waals surface area contributed by atoms with Crippen LogP contribution in [0.3, 0.4) is 0 Å². The third-order valence-electron chi connectivity index (χ3n) is 7.21. The second-order valence-electron chi connectivity index (χ2n) is 9.63. The molecule has 10 heteroatoms. The SMILES string of the molecule is COc1cc(N2CCN(C)CC2)ccc1C1(c2ccnn2-c2ccc(S(C)(=O)=O)cc2)C=NC(N)=CC1. The highest BCUT2D eigenvalue weighted by atomic mass is 32.2. The van der Waals surface area contributed by atoms with E-state index in [0.717, 1.165) is 54.6 Å². The molecule has 0 bridgehead atoms. The molecule has 1 unspecified atom stereocenters. The number of nitrogens with two attached hydrogens (primary N) is 1. The maximum absolute atomic E-state index is 12.0. The molecule has 9 nitrogen and oxygen atoms in total. The zero-order valence-electron chi connectivity index (χ0n) is 21.3. The van der Waals surface area contributed by atoms with Gasteiger partial charge >= 0.3 is 0 Å². The van der Waals surface area contributed by atoms with Crippen LogP contribution in [0.15, 0.2) is 76.5 Å². The van der Waals surface area contributed by atoms with Gasteiger partial charge < -0.3 is 20.3 Å². The van der Waals surface area contributed by atoms with E-state index in [1.165, 1.54) is 6.26 Å². The second-order valence-corrected chi connectivity index (χ2v) is 11.6. The molecule has 0 radical (unpaired) electrons. The van der Waals surface area contributed by atoms with Gasteiger partial charge in [0.15, 0.2) is 9.84 Å². The number of aliphatic imine (C=N–C) groups is 1. The molecule has 2 aromatic carbocycles. The summed E-state index contributed by atoms with van der Waals surface area (Å²) < 4.78 is 31.7. The molecule has 3 aromatic rings. The lowest BCUT2D eigenvalue weighted by molar-refractivity contribution is 0.312. The number of aromatic nitrogens is 2. The fourth-order valence-electron chi connectivity index (χ4n) is 5.04. The van der Waals surface area contributed by atoms with Gasteiger partial charge in [-0.25, -0.2) is 18.1 Å². The van der Waals surface area contributed by atoms with Crippen molar-refractivity contribution in [1.29, 1.82) is 0 Å². The normalized spacial score (nSPS) is 20.6. The minimum Gasteiger partial charge on any atom is -0.496 e. The monoisotopic (exact) mass is 520 g/mol. The van der Waals surface area contributed by atoms with Crippen LogP contribution in [-0.2, 0) is 15.3 Å². The maximum Gasteiger partial charge on any atom is 0.175 e. The molecular formula is C27H32N6O3S. The van der Waals surface area contributed by atoms with Gasteiger partial charge in [0, 0.05) is 62.2 Å². The number of piperazine rings is 1. The van der Waals surface area contributed by atoms with Crippen molar-refractivity contribution in [3.05, 3.63) is 77.9 Å². The highest BCUT2D eigenvalue weighted by Gasteiger charge is 2.39. The van der Waals surface area contributed by atoms with E-state index in [-0.39, 0.29) is 4.90 Å². The van der Waals surface area contributed by atoms with Gasteiger partial charge in [-0.2, -0.15) is 5.10 Å². The van der Waals surface area contributed by atoms with Gasteiger partial charge in [0.1, 0.15) is 11.6 Å².